The van der Waals surface area contributed by atoms with Crippen LogP contribution in [0.5, 0.6) is 0 Å². The predicted molar refractivity (Wildman–Crippen MR) is 79.8 cm³/mol. The summed E-state index contributed by atoms with van der Waals surface area (Å²) >= 11 is 0. The zero-order chi connectivity index (χ0) is 13.2. The Labute approximate surface area is 114 Å². The molecule has 0 aromatic rings. The van der Waals surface area contributed by atoms with Gasteiger partial charge in [-0.2, -0.15) is 0 Å². The van der Waals surface area contributed by atoms with Crippen molar-refractivity contribution in [2.75, 3.05) is 0 Å². The lowest BCUT2D eigenvalue weighted by molar-refractivity contribution is 0.152. The van der Waals surface area contributed by atoms with Gasteiger partial charge in [0.25, 0.3) is 0 Å². The van der Waals surface area contributed by atoms with E-state index >= 15 is 0 Å². The second-order valence-electron chi connectivity index (χ2n) is 7.91. The van der Waals surface area contributed by atoms with Crippen LogP contribution in [0.4, 0.5) is 0 Å². The fourth-order valence-electron chi connectivity index (χ4n) is 4.09. The molecule has 2 fully saturated rings. The summed E-state index contributed by atoms with van der Waals surface area (Å²) in [5, 5.41) is 3.93. The zero-order valence-electron chi connectivity index (χ0n) is 13.0. The van der Waals surface area contributed by atoms with Gasteiger partial charge in [-0.1, -0.05) is 33.6 Å². The molecule has 1 N–H and O–H groups in total. The minimum atomic E-state index is 0.516. The quantitative estimate of drug-likeness (QED) is 0.762. The average molecular weight is 251 g/mol. The van der Waals surface area contributed by atoms with E-state index in [0.717, 1.165) is 23.9 Å². The fraction of sp³-hybridized carbons (Fsp3) is 1.00. The van der Waals surface area contributed by atoms with Crippen molar-refractivity contribution in [2.45, 2.75) is 91.1 Å². The largest absolute Gasteiger partial charge is 0.311 e. The van der Waals surface area contributed by atoms with Crippen LogP contribution in [0, 0.1) is 17.3 Å². The molecule has 2 rings (SSSR count). The lowest BCUT2D eigenvalue weighted by atomic mass is 9.71. The van der Waals surface area contributed by atoms with E-state index in [4.69, 9.17) is 0 Å². The van der Waals surface area contributed by atoms with E-state index in [1.807, 2.05) is 0 Å². The van der Waals surface area contributed by atoms with Crippen molar-refractivity contribution in [1.29, 1.82) is 0 Å². The highest BCUT2D eigenvalue weighted by molar-refractivity contribution is 4.86. The summed E-state index contributed by atoms with van der Waals surface area (Å²) < 4.78 is 0. The first-order valence-electron chi connectivity index (χ1n) is 8.23. The molecule has 1 atom stereocenters. The van der Waals surface area contributed by atoms with Crippen LogP contribution in [0.15, 0.2) is 0 Å². The molecule has 18 heavy (non-hydrogen) atoms. The number of rotatable bonds is 3. The van der Waals surface area contributed by atoms with E-state index in [1.165, 1.54) is 51.4 Å². The van der Waals surface area contributed by atoms with Gasteiger partial charge in [0.15, 0.2) is 0 Å². The molecular formula is C17H33N. The molecule has 106 valence electrons. The summed E-state index contributed by atoms with van der Waals surface area (Å²) in [5.74, 6) is 1.91. The molecule has 2 aliphatic carbocycles. The summed E-state index contributed by atoms with van der Waals surface area (Å²) in [6.07, 6.45) is 11.5. The Balaban J connectivity index is 1.73. The highest BCUT2D eigenvalue weighted by Gasteiger charge is 2.31. The van der Waals surface area contributed by atoms with Crippen LogP contribution >= 0.6 is 0 Å². The van der Waals surface area contributed by atoms with Gasteiger partial charge in [-0.25, -0.2) is 0 Å². The lowest BCUT2D eigenvalue weighted by Gasteiger charge is -2.38. The minimum absolute atomic E-state index is 0.516. The van der Waals surface area contributed by atoms with Gasteiger partial charge < -0.3 is 5.32 Å². The maximum absolute atomic E-state index is 3.93. The number of hydrogen-bond acceptors (Lipinski definition) is 1. The molecule has 0 aromatic heterocycles. The molecule has 0 bridgehead atoms. The molecule has 0 amide bonds. The van der Waals surface area contributed by atoms with Crippen LogP contribution in [0.2, 0.25) is 0 Å². The van der Waals surface area contributed by atoms with Gasteiger partial charge in [-0.15, -0.1) is 0 Å². The first-order valence-corrected chi connectivity index (χ1v) is 8.23. The Kier molecular flexibility index (Phi) is 4.75. The van der Waals surface area contributed by atoms with Crippen molar-refractivity contribution >= 4 is 0 Å². The maximum Gasteiger partial charge on any atom is 0.00698 e. The molecule has 0 aromatic carbocycles. The molecule has 1 nitrogen and oxygen atoms in total. The first-order chi connectivity index (χ1) is 8.47. The molecule has 0 heterocycles. The number of nitrogens with one attached hydrogen (secondary N) is 1. The Morgan fingerprint density at radius 1 is 0.889 bits per heavy atom. The van der Waals surface area contributed by atoms with Gasteiger partial charge in [-0.3, -0.25) is 0 Å². The summed E-state index contributed by atoms with van der Waals surface area (Å²) in [4.78, 5) is 0. The van der Waals surface area contributed by atoms with Gasteiger partial charge in [-0.05, 0) is 62.7 Å². The Hall–Kier alpha value is -0.0400. The first kappa shape index (κ1) is 14.4. The van der Waals surface area contributed by atoms with Crippen LogP contribution in [-0.2, 0) is 0 Å². The van der Waals surface area contributed by atoms with Gasteiger partial charge >= 0.3 is 0 Å². The van der Waals surface area contributed by atoms with Crippen molar-refractivity contribution in [3.8, 4) is 0 Å². The smallest absolute Gasteiger partial charge is 0.00698 e. The Morgan fingerprint density at radius 2 is 1.44 bits per heavy atom. The highest BCUT2D eigenvalue weighted by Crippen LogP contribution is 2.38. The summed E-state index contributed by atoms with van der Waals surface area (Å²) in [7, 11) is 0. The van der Waals surface area contributed by atoms with Crippen LogP contribution in [-0.4, -0.2) is 12.1 Å². The Morgan fingerprint density at radius 3 is 1.94 bits per heavy atom. The molecule has 2 aliphatic rings. The summed E-state index contributed by atoms with van der Waals surface area (Å²) in [5.41, 5.74) is 0.516. The van der Waals surface area contributed by atoms with E-state index < -0.39 is 0 Å². The van der Waals surface area contributed by atoms with Gasteiger partial charge in [0.1, 0.15) is 0 Å². The lowest BCUT2D eigenvalue weighted by Crippen LogP contribution is -2.43. The standard InChI is InChI=1S/C17H33N/c1-13(14-7-5-6-8-14)18-16-11-9-15(10-12-16)17(2,3)4/h13-16,18H,5-12H2,1-4H3/t13-,15?,16?/m1/s1. The molecule has 0 aliphatic heterocycles. The van der Waals surface area contributed by atoms with Crippen LogP contribution in [0.25, 0.3) is 0 Å². The molecular weight excluding hydrogens is 218 g/mol. The summed E-state index contributed by atoms with van der Waals surface area (Å²) in [6.45, 7) is 9.65. The molecule has 0 spiro atoms. The monoisotopic (exact) mass is 251 g/mol. The van der Waals surface area contributed by atoms with Crippen molar-refractivity contribution in [3.63, 3.8) is 0 Å². The maximum atomic E-state index is 3.93. The second kappa shape index (κ2) is 5.94. The van der Waals surface area contributed by atoms with Crippen LogP contribution in [0.3, 0.4) is 0 Å². The third kappa shape index (κ3) is 3.73. The second-order valence-corrected chi connectivity index (χ2v) is 7.91. The molecule has 2 saturated carbocycles. The Bertz CT molecular complexity index is 239. The van der Waals surface area contributed by atoms with Crippen LogP contribution < -0.4 is 5.32 Å². The van der Waals surface area contributed by atoms with Crippen molar-refractivity contribution in [2.24, 2.45) is 17.3 Å². The molecule has 0 saturated heterocycles. The number of hydrogen-bond donors (Lipinski definition) is 1. The van der Waals surface area contributed by atoms with E-state index in [1.54, 1.807) is 0 Å². The topological polar surface area (TPSA) is 12.0 Å². The zero-order valence-corrected chi connectivity index (χ0v) is 13.0. The van der Waals surface area contributed by atoms with Crippen LogP contribution in [0.1, 0.15) is 79.1 Å². The normalized spacial score (nSPS) is 32.7. The highest BCUT2D eigenvalue weighted by atomic mass is 15.0. The van der Waals surface area contributed by atoms with Gasteiger partial charge in [0.2, 0.25) is 0 Å². The van der Waals surface area contributed by atoms with E-state index in [2.05, 4.69) is 33.0 Å². The third-order valence-electron chi connectivity index (χ3n) is 5.56. The van der Waals surface area contributed by atoms with Crippen molar-refractivity contribution < 1.29 is 0 Å². The van der Waals surface area contributed by atoms with Crippen molar-refractivity contribution in [1.82, 2.24) is 5.32 Å². The van der Waals surface area contributed by atoms with E-state index in [9.17, 15) is 0 Å². The predicted octanol–water partition coefficient (Wildman–Crippen LogP) is 4.76. The SMILES string of the molecule is C[C@@H](NC1CCC(C(C)(C)C)CC1)C1CCCC1. The van der Waals surface area contributed by atoms with E-state index in [0.29, 0.717) is 5.41 Å². The van der Waals surface area contributed by atoms with E-state index in [-0.39, 0.29) is 0 Å². The minimum Gasteiger partial charge on any atom is -0.311 e. The third-order valence-corrected chi connectivity index (χ3v) is 5.56. The van der Waals surface area contributed by atoms with Gasteiger partial charge in [0, 0.05) is 12.1 Å². The van der Waals surface area contributed by atoms with Gasteiger partial charge in [0.05, 0.1) is 0 Å². The van der Waals surface area contributed by atoms with Crippen molar-refractivity contribution in [3.05, 3.63) is 0 Å². The average Bonchev–Trinajstić information content (AvgIpc) is 2.82. The summed E-state index contributed by atoms with van der Waals surface area (Å²) in [6, 6.07) is 1.56. The fourth-order valence-corrected chi connectivity index (χ4v) is 4.09. The molecule has 1 heteroatoms. The molecule has 0 unspecified atom stereocenters. The molecule has 0 radical (unpaired) electrons.